The Kier molecular flexibility index (Phi) is 5.64. The summed E-state index contributed by atoms with van der Waals surface area (Å²) >= 11 is 1.67. The lowest BCUT2D eigenvalue weighted by Crippen LogP contribution is -2.35. The number of aromatic amines is 1. The molecule has 1 heterocycles. The van der Waals surface area contributed by atoms with E-state index in [1.54, 1.807) is 18.7 Å². The maximum absolute atomic E-state index is 12.2. The summed E-state index contributed by atoms with van der Waals surface area (Å²) in [6, 6.07) is -0.166. The van der Waals surface area contributed by atoms with E-state index < -0.39 is 16.6 Å². The highest BCUT2D eigenvalue weighted by molar-refractivity contribution is 7.99. The van der Waals surface area contributed by atoms with Gasteiger partial charge in [0.05, 0.1) is 12.3 Å². The number of hydrogen-bond acceptors (Lipinski definition) is 5. The van der Waals surface area contributed by atoms with Gasteiger partial charge in [0.2, 0.25) is 10.0 Å². The number of thioether (sulfide) groups is 1. The van der Waals surface area contributed by atoms with Crippen molar-refractivity contribution in [2.24, 2.45) is 0 Å². The molecular formula is C10H19N3O3S2. The normalized spacial score (nSPS) is 13.8. The number of aliphatic hydroxyl groups is 1. The Balaban J connectivity index is 2.89. The first-order valence-corrected chi connectivity index (χ1v) is 8.31. The lowest BCUT2D eigenvalue weighted by atomic mass is 10.4. The average molecular weight is 293 g/mol. The molecule has 8 heteroatoms. The zero-order valence-corrected chi connectivity index (χ0v) is 12.4. The van der Waals surface area contributed by atoms with Crippen LogP contribution in [0.25, 0.3) is 0 Å². The van der Waals surface area contributed by atoms with E-state index in [1.165, 1.54) is 0 Å². The summed E-state index contributed by atoms with van der Waals surface area (Å²) in [7, 11) is -3.64. The van der Waals surface area contributed by atoms with Gasteiger partial charge in [-0.05, 0) is 19.6 Å². The molecule has 6 nitrogen and oxygen atoms in total. The number of hydrogen-bond donors (Lipinski definition) is 3. The fourth-order valence-corrected chi connectivity index (χ4v) is 3.96. The maximum atomic E-state index is 12.2. The molecule has 1 unspecified atom stereocenters. The van der Waals surface area contributed by atoms with E-state index in [1.807, 2.05) is 13.8 Å². The van der Waals surface area contributed by atoms with E-state index in [4.69, 9.17) is 5.11 Å². The summed E-state index contributed by atoms with van der Waals surface area (Å²) in [5.41, 5.74) is 0.581. The molecule has 3 N–H and O–H groups in total. The molecule has 0 aliphatic heterocycles. The lowest BCUT2D eigenvalue weighted by Gasteiger charge is -2.13. The van der Waals surface area contributed by atoms with Crippen molar-refractivity contribution in [1.82, 2.24) is 14.9 Å². The van der Waals surface area contributed by atoms with Gasteiger partial charge < -0.3 is 5.11 Å². The van der Waals surface area contributed by atoms with Gasteiger partial charge in [0, 0.05) is 11.8 Å². The molecule has 104 valence electrons. The molecule has 0 aliphatic carbocycles. The maximum Gasteiger partial charge on any atom is 0.244 e. The van der Waals surface area contributed by atoms with Crippen LogP contribution in [0.5, 0.6) is 0 Å². The van der Waals surface area contributed by atoms with Gasteiger partial charge in [0.25, 0.3) is 0 Å². The molecule has 1 aromatic heterocycles. The number of sulfonamides is 1. The second-order valence-corrected chi connectivity index (χ2v) is 6.93. The van der Waals surface area contributed by atoms with Crippen LogP contribution in [-0.2, 0) is 16.6 Å². The number of rotatable bonds is 7. The Hall–Kier alpha value is -0.570. The predicted molar refractivity (Wildman–Crippen MR) is 72.0 cm³/mol. The van der Waals surface area contributed by atoms with E-state index in [-0.39, 0.29) is 16.6 Å². The Morgan fingerprint density at radius 1 is 1.56 bits per heavy atom. The second kappa shape index (κ2) is 6.55. The second-order valence-electron chi connectivity index (χ2n) is 3.96. The standard InChI is InChI=1S/C10H19N3O3S2/c1-4-17-6-7(2)13-18(15,16)10-8(3)11-12-9(10)5-14/h7,13-14H,4-6H2,1-3H3,(H,11,12). The van der Waals surface area contributed by atoms with Crippen LogP contribution in [0.2, 0.25) is 0 Å². The minimum absolute atomic E-state index is 0.0540. The summed E-state index contributed by atoms with van der Waals surface area (Å²) in [5.74, 6) is 1.65. The van der Waals surface area contributed by atoms with Gasteiger partial charge in [-0.2, -0.15) is 16.9 Å². The van der Waals surface area contributed by atoms with E-state index in [2.05, 4.69) is 14.9 Å². The van der Waals surface area contributed by atoms with Gasteiger partial charge in [0.1, 0.15) is 10.6 Å². The topological polar surface area (TPSA) is 95.1 Å². The number of H-pyrrole nitrogens is 1. The molecule has 0 aliphatic rings. The number of nitrogens with zero attached hydrogens (tertiary/aromatic N) is 1. The Morgan fingerprint density at radius 2 is 2.22 bits per heavy atom. The van der Waals surface area contributed by atoms with Crippen molar-refractivity contribution in [1.29, 1.82) is 0 Å². The van der Waals surface area contributed by atoms with Crippen LogP contribution >= 0.6 is 11.8 Å². The third-order valence-electron chi connectivity index (χ3n) is 2.31. The van der Waals surface area contributed by atoms with Crippen molar-refractivity contribution in [3.63, 3.8) is 0 Å². The summed E-state index contributed by atoms with van der Waals surface area (Å²) in [4.78, 5) is 0.0540. The predicted octanol–water partition coefficient (Wildman–Crippen LogP) is 0.630. The molecule has 0 aromatic carbocycles. The van der Waals surface area contributed by atoms with Crippen molar-refractivity contribution in [3.05, 3.63) is 11.4 Å². The average Bonchev–Trinajstić information content (AvgIpc) is 2.67. The van der Waals surface area contributed by atoms with Gasteiger partial charge in [-0.15, -0.1) is 0 Å². The molecule has 0 saturated carbocycles. The third-order valence-corrected chi connectivity index (χ3v) is 5.24. The van der Waals surface area contributed by atoms with E-state index in [0.717, 1.165) is 5.75 Å². The molecule has 0 bridgehead atoms. The van der Waals surface area contributed by atoms with Crippen LogP contribution in [0.1, 0.15) is 25.2 Å². The van der Waals surface area contributed by atoms with Gasteiger partial charge in [-0.1, -0.05) is 6.92 Å². The molecule has 1 atom stereocenters. The minimum Gasteiger partial charge on any atom is -0.390 e. The first-order chi connectivity index (χ1) is 8.42. The first-order valence-electron chi connectivity index (χ1n) is 5.67. The number of aryl methyl sites for hydroxylation is 1. The van der Waals surface area contributed by atoms with Gasteiger partial charge in [-0.25, -0.2) is 13.1 Å². The van der Waals surface area contributed by atoms with E-state index >= 15 is 0 Å². The van der Waals surface area contributed by atoms with E-state index in [0.29, 0.717) is 11.4 Å². The molecule has 1 aromatic rings. The molecule has 0 spiro atoms. The molecule has 0 saturated heterocycles. The largest absolute Gasteiger partial charge is 0.390 e. The summed E-state index contributed by atoms with van der Waals surface area (Å²) in [6.07, 6.45) is 0. The minimum atomic E-state index is -3.64. The zero-order chi connectivity index (χ0) is 13.8. The molecule has 1 rings (SSSR count). The van der Waals surface area contributed by atoms with Crippen LogP contribution in [0.15, 0.2) is 4.90 Å². The highest BCUT2D eigenvalue weighted by Crippen LogP contribution is 2.18. The highest BCUT2D eigenvalue weighted by Gasteiger charge is 2.25. The quantitative estimate of drug-likeness (QED) is 0.685. The lowest BCUT2D eigenvalue weighted by molar-refractivity contribution is 0.273. The number of nitrogens with one attached hydrogen (secondary N) is 2. The van der Waals surface area contributed by atoms with Crippen LogP contribution in [0.4, 0.5) is 0 Å². The van der Waals surface area contributed by atoms with Crippen molar-refractivity contribution >= 4 is 21.8 Å². The van der Waals surface area contributed by atoms with Crippen LogP contribution in [0.3, 0.4) is 0 Å². The van der Waals surface area contributed by atoms with Crippen LogP contribution in [-0.4, -0.2) is 41.3 Å². The molecule has 0 fully saturated rings. The highest BCUT2D eigenvalue weighted by atomic mass is 32.2. The van der Waals surface area contributed by atoms with Crippen molar-refractivity contribution < 1.29 is 13.5 Å². The molecule has 18 heavy (non-hydrogen) atoms. The van der Waals surface area contributed by atoms with Gasteiger partial charge in [-0.3, -0.25) is 5.10 Å². The smallest absolute Gasteiger partial charge is 0.244 e. The first kappa shape index (κ1) is 15.5. The number of aliphatic hydroxyl groups excluding tert-OH is 1. The summed E-state index contributed by atoms with van der Waals surface area (Å²) in [5, 5.41) is 15.4. The fraction of sp³-hybridized carbons (Fsp3) is 0.700. The van der Waals surface area contributed by atoms with Crippen molar-refractivity contribution in [2.75, 3.05) is 11.5 Å². The van der Waals surface area contributed by atoms with Crippen molar-refractivity contribution in [2.45, 2.75) is 38.3 Å². The monoisotopic (exact) mass is 293 g/mol. The third kappa shape index (κ3) is 3.71. The van der Waals surface area contributed by atoms with Gasteiger partial charge in [0.15, 0.2) is 0 Å². The number of aromatic nitrogens is 2. The van der Waals surface area contributed by atoms with Crippen LogP contribution in [0, 0.1) is 6.92 Å². The van der Waals surface area contributed by atoms with Crippen molar-refractivity contribution in [3.8, 4) is 0 Å². The Labute approximate surface area is 112 Å². The summed E-state index contributed by atoms with van der Waals surface area (Å²) < 4.78 is 26.9. The molecule has 0 amide bonds. The summed E-state index contributed by atoms with van der Waals surface area (Å²) in [6.45, 7) is 5.05. The Morgan fingerprint density at radius 3 is 2.78 bits per heavy atom. The zero-order valence-electron chi connectivity index (χ0n) is 10.7. The SMILES string of the molecule is CCSCC(C)NS(=O)(=O)c1c(CO)n[nH]c1C. The molecular weight excluding hydrogens is 274 g/mol. The van der Waals surface area contributed by atoms with Gasteiger partial charge >= 0.3 is 0 Å². The van der Waals surface area contributed by atoms with Crippen LogP contribution < -0.4 is 4.72 Å². The van der Waals surface area contributed by atoms with E-state index in [9.17, 15) is 8.42 Å². The fourth-order valence-electron chi connectivity index (χ4n) is 1.59. The molecule has 0 radical (unpaired) electrons. The Bertz CT molecular complexity index is 485.